The third-order valence-corrected chi connectivity index (χ3v) is 4.21. The van der Waals surface area contributed by atoms with E-state index in [2.05, 4.69) is 39.9 Å². The molecule has 126 valence electrons. The Morgan fingerprint density at radius 3 is 2.54 bits per heavy atom. The molecule has 1 aromatic heterocycles. The summed E-state index contributed by atoms with van der Waals surface area (Å²) in [6.45, 7) is 2.33. The zero-order valence-corrected chi connectivity index (χ0v) is 14.0. The molecule has 0 aliphatic heterocycles. The van der Waals surface area contributed by atoms with Gasteiger partial charge in [-0.2, -0.15) is 0 Å². The highest BCUT2D eigenvalue weighted by molar-refractivity contribution is 5.79. The number of hydrogen-bond acceptors (Lipinski definition) is 2. The number of nitrogens with zero attached hydrogens (tertiary/aromatic N) is 2. The van der Waals surface area contributed by atoms with Crippen molar-refractivity contribution in [3.63, 3.8) is 0 Å². The van der Waals surface area contributed by atoms with Crippen molar-refractivity contribution in [2.24, 2.45) is 10.9 Å². The molecule has 24 heavy (non-hydrogen) atoms. The third-order valence-electron chi connectivity index (χ3n) is 4.21. The summed E-state index contributed by atoms with van der Waals surface area (Å²) in [6.07, 6.45) is 4.47. The summed E-state index contributed by atoms with van der Waals surface area (Å²) >= 11 is 0. The molecule has 1 aromatic carbocycles. The highest BCUT2D eigenvalue weighted by Gasteiger charge is 2.20. The number of aliphatic imine (C=N–C) groups is 1. The smallest absolute Gasteiger partial charge is 0.250 e. The van der Waals surface area contributed by atoms with Crippen molar-refractivity contribution < 1.29 is 0 Å². The van der Waals surface area contributed by atoms with E-state index in [1.165, 1.54) is 18.4 Å². The number of hydrogen-bond donors (Lipinski definition) is 2. The second-order valence-electron chi connectivity index (χ2n) is 6.23. The lowest BCUT2D eigenvalue weighted by atomic mass is 10.1. The second-order valence-corrected chi connectivity index (χ2v) is 6.23. The van der Waals surface area contributed by atoms with Gasteiger partial charge in [0.15, 0.2) is 5.96 Å². The molecule has 1 aliphatic rings. The molecule has 0 atom stereocenters. The van der Waals surface area contributed by atoms with Crippen molar-refractivity contribution in [1.82, 2.24) is 15.2 Å². The Morgan fingerprint density at radius 1 is 1.12 bits per heavy atom. The number of guanidine groups is 1. The lowest BCUT2D eigenvalue weighted by Crippen LogP contribution is -2.37. The Labute approximate surface area is 142 Å². The molecule has 0 radical (unpaired) electrons. The van der Waals surface area contributed by atoms with Crippen LogP contribution in [0.1, 0.15) is 24.0 Å². The Morgan fingerprint density at radius 2 is 1.88 bits per heavy atom. The molecule has 1 fully saturated rings. The van der Waals surface area contributed by atoms with Gasteiger partial charge in [-0.15, -0.1) is 0 Å². The number of aromatic nitrogens is 1. The predicted molar refractivity (Wildman–Crippen MR) is 97.2 cm³/mol. The molecular formula is C19H24N4O. The van der Waals surface area contributed by atoms with Crippen LogP contribution in [0, 0.1) is 5.92 Å². The molecule has 3 rings (SSSR count). The van der Waals surface area contributed by atoms with Crippen LogP contribution in [-0.4, -0.2) is 24.1 Å². The first-order valence-corrected chi connectivity index (χ1v) is 8.42. The normalized spacial score (nSPS) is 14.5. The highest BCUT2D eigenvalue weighted by Crippen LogP contribution is 2.27. The summed E-state index contributed by atoms with van der Waals surface area (Å²) in [4.78, 5) is 16.0. The van der Waals surface area contributed by atoms with Gasteiger partial charge < -0.3 is 15.2 Å². The molecule has 5 nitrogen and oxygen atoms in total. The molecule has 0 spiro atoms. The standard InChI is InChI=1S/C19H24N4O/c1-20-19(21-12-15-5-6-15)22-13-16-7-9-17(10-8-16)14-23-11-3-2-4-18(23)24/h2-4,7-11,15H,5-6,12-14H2,1H3,(H2,20,21,22). The maximum Gasteiger partial charge on any atom is 0.250 e. The van der Waals surface area contributed by atoms with Crippen molar-refractivity contribution >= 4 is 5.96 Å². The van der Waals surface area contributed by atoms with E-state index in [-0.39, 0.29) is 5.56 Å². The summed E-state index contributed by atoms with van der Waals surface area (Å²) < 4.78 is 1.71. The largest absolute Gasteiger partial charge is 0.356 e. The number of nitrogens with one attached hydrogen (secondary N) is 2. The van der Waals surface area contributed by atoms with E-state index in [1.807, 2.05) is 12.3 Å². The fourth-order valence-corrected chi connectivity index (χ4v) is 2.52. The maximum atomic E-state index is 11.7. The van der Waals surface area contributed by atoms with Crippen LogP contribution in [-0.2, 0) is 13.1 Å². The summed E-state index contributed by atoms with van der Waals surface area (Å²) in [7, 11) is 1.79. The van der Waals surface area contributed by atoms with E-state index >= 15 is 0 Å². The van der Waals surface area contributed by atoms with Crippen LogP contribution in [0.4, 0.5) is 0 Å². The average molecular weight is 324 g/mol. The predicted octanol–water partition coefficient (Wildman–Crippen LogP) is 1.97. The van der Waals surface area contributed by atoms with E-state index in [0.29, 0.717) is 6.54 Å². The molecule has 1 heterocycles. The van der Waals surface area contributed by atoms with Gasteiger partial charge in [0.2, 0.25) is 0 Å². The number of benzene rings is 1. The van der Waals surface area contributed by atoms with E-state index in [9.17, 15) is 4.79 Å². The van der Waals surface area contributed by atoms with E-state index < -0.39 is 0 Å². The molecule has 5 heteroatoms. The lowest BCUT2D eigenvalue weighted by Gasteiger charge is -2.12. The van der Waals surface area contributed by atoms with Crippen molar-refractivity contribution in [2.75, 3.05) is 13.6 Å². The second kappa shape index (κ2) is 7.81. The van der Waals surface area contributed by atoms with Crippen molar-refractivity contribution in [3.8, 4) is 0 Å². The first-order chi connectivity index (χ1) is 11.7. The third kappa shape index (κ3) is 4.72. The van der Waals surface area contributed by atoms with E-state index in [4.69, 9.17) is 0 Å². The summed E-state index contributed by atoms with van der Waals surface area (Å²) in [6, 6.07) is 13.5. The maximum absolute atomic E-state index is 11.7. The van der Waals surface area contributed by atoms with Crippen LogP contribution in [0.25, 0.3) is 0 Å². The molecule has 0 unspecified atom stereocenters. The molecule has 0 bridgehead atoms. The zero-order chi connectivity index (χ0) is 16.8. The van der Waals surface area contributed by atoms with Crippen molar-refractivity contribution in [3.05, 3.63) is 70.1 Å². The minimum atomic E-state index is 0.0220. The minimum Gasteiger partial charge on any atom is -0.356 e. The van der Waals surface area contributed by atoms with Gasteiger partial charge in [0.05, 0.1) is 6.54 Å². The Bertz CT molecular complexity index is 744. The Kier molecular flexibility index (Phi) is 5.31. The van der Waals surface area contributed by atoms with Crippen LogP contribution in [0.2, 0.25) is 0 Å². The lowest BCUT2D eigenvalue weighted by molar-refractivity contribution is 0.736. The van der Waals surface area contributed by atoms with Crippen LogP contribution < -0.4 is 16.2 Å². The molecule has 0 saturated heterocycles. The number of pyridine rings is 1. The van der Waals surface area contributed by atoms with E-state index in [1.54, 1.807) is 23.7 Å². The first kappa shape index (κ1) is 16.3. The van der Waals surface area contributed by atoms with Gasteiger partial charge in [-0.05, 0) is 36.0 Å². The van der Waals surface area contributed by atoms with Crippen molar-refractivity contribution in [1.29, 1.82) is 0 Å². The molecule has 1 aliphatic carbocycles. The van der Waals surface area contributed by atoms with Crippen LogP contribution >= 0.6 is 0 Å². The van der Waals surface area contributed by atoms with Crippen molar-refractivity contribution in [2.45, 2.75) is 25.9 Å². The van der Waals surface area contributed by atoms with Gasteiger partial charge >= 0.3 is 0 Å². The van der Waals surface area contributed by atoms with Gasteiger partial charge in [-0.1, -0.05) is 30.3 Å². The molecule has 2 N–H and O–H groups in total. The molecular weight excluding hydrogens is 300 g/mol. The minimum absolute atomic E-state index is 0.0220. The Hall–Kier alpha value is -2.56. The quantitative estimate of drug-likeness (QED) is 0.631. The monoisotopic (exact) mass is 324 g/mol. The average Bonchev–Trinajstić information content (AvgIpc) is 3.43. The molecule has 1 saturated carbocycles. The van der Waals surface area contributed by atoms with Gasteiger partial charge in [0.1, 0.15) is 0 Å². The van der Waals surface area contributed by atoms with Gasteiger partial charge in [0, 0.05) is 32.4 Å². The van der Waals surface area contributed by atoms with E-state index in [0.717, 1.165) is 30.5 Å². The van der Waals surface area contributed by atoms with Gasteiger partial charge in [-0.3, -0.25) is 9.79 Å². The van der Waals surface area contributed by atoms with Crippen LogP contribution in [0.15, 0.2) is 58.4 Å². The first-order valence-electron chi connectivity index (χ1n) is 8.42. The number of rotatable bonds is 6. The van der Waals surface area contributed by atoms with Crippen LogP contribution in [0.5, 0.6) is 0 Å². The fourth-order valence-electron chi connectivity index (χ4n) is 2.52. The fraction of sp³-hybridized carbons (Fsp3) is 0.368. The summed E-state index contributed by atoms with van der Waals surface area (Å²) in [5.74, 6) is 1.67. The van der Waals surface area contributed by atoms with Gasteiger partial charge in [0.25, 0.3) is 5.56 Å². The topological polar surface area (TPSA) is 58.4 Å². The van der Waals surface area contributed by atoms with Crippen LogP contribution in [0.3, 0.4) is 0 Å². The SMILES string of the molecule is CN=C(NCc1ccc(Cn2ccccc2=O)cc1)NCC1CC1. The Balaban J connectivity index is 1.52. The molecule has 0 amide bonds. The van der Waals surface area contributed by atoms with Gasteiger partial charge in [-0.25, -0.2) is 0 Å². The zero-order valence-electron chi connectivity index (χ0n) is 14.0. The summed E-state index contributed by atoms with van der Waals surface area (Å²) in [5.41, 5.74) is 2.32. The highest BCUT2D eigenvalue weighted by atomic mass is 16.1. The molecule has 2 aromatic rings. The summed E-state index contributed by atoms with van der Waals surface area (Å²) in [5, 5.41) is 6.68.